The second kappa shape index (κ2) is 5.88. The van der Waals surface area contributed by atoms with Crippen LogP contribution in [0.3, 0.4) is 0 Å². The van der Waals surface area contributed by atoms with Crippen molar-refractivity contribution in [1.29, 1.82) is 0 Å². The van der Waals surface area contributed by atoms with Crippen molar-refractivity contribution >= 4 is 0 Å². The van der Waals surface area contributed by atoms with Gasteiger partial charge in [0.15, 0.2) is 0 Å². The van der Waals surface area contributed by atoms with Gasteiger partial charge in [-0.1, -0.05) is 12.8 Å². The first-order valence-electron chi connectivity index (χ1n) is 6.20. The number of hydrogen-bond acceptors (Lipinski definition) is 2. The maximum Gasteiger partial charge on any atom is 0.416 e. The minimum absolute atomic E-state index is 0.0529. The molecule has 2 nitrogen and oxygen atoms in total. The minimum Gasteiger partial charge on any atom is -0.298 e. The van der Waals surface area contributed by atoms with Crippen LogP contribution in [0, 0.1) is 5.82 Å². The Labute approximate surface area is 108 Å². The van der Waals surface area contributed by atoms with Gasteiger partial charge in [0.1, 0.15) is 5.82 Å². The second-order valence-corrected chi connectivity index (χ2v) is 4.69. The molecular weight excluding hydrogens is 262 g/mol. The fourth-order valence-corrected chi connectivity index (χ4v) is 2.17. The maximum absolute atomic E-state index is 13.1. The van der Waals surface area contributed by atoms with Gasteiger partial charge in [0.2, 0.25) is 0 Å². The molecule has 0 heterocycles. The highest BCUT2D eigenvalue weighted by molar-refractivity contribution is 5.26. The van der Waals surface area contributed by atoms with Gasteiger partial charge >= 0.3 is 6.18 Å². The third-order valence-corrected chi connectivity index (χ3v) is 3.11. The summed E-state index contributed by atoms with van der Waals surface area (Å²) in [6, 6.07) is 2.48. The topological polar surface area (TPSA) is 21.3 Å². The van der Waals surface area contributed by atoms with E-state index >= 15 is 0 Å². The van der Waals surface area contributed by atoms with Gasteiger partial charge in [0.05, 0.1) is 11.7 Å². The molecule has 1 aromatic carbocycles. The van der Waals surface area contributed by atoms with Crippen molar-refractivity contribution in [2.24, 2.45) is 0 Å². The lowest BCUT2D eigenvalue weighted by Crippen LogP contribution is -2.21. The summed E-state index contributed by atoms with van der Waals surface area (Å²) >= 11 is 0. The second-order valence-electron chi connectivity index (χ2n) is 4.69. The molecule has 6 heteroatoms. The summed E-state index contributed by atoms with van der Waals surface area (Å²) in [6.45, 7) is 0.0529. The van der Waals surface area contributed by atoms with Gasteiger partial charge in [0, 0.05) is 6.54 Å². The van der Waals surface area contributed by atoms with Gasteiger partial charge in [0.25, 0.3) is 0 Å². The Morgan fingerprint density at radius 3 is 2.47 bits per heavy atom. The van der Waals surface area contributed by atoms with Crippen LogP contribution in [0.4, 0.5) is 17.6 Å². The summed E-state index contributed by atoms with van der Waals surface area (Å²) in [6.07, 6.45) is -0.331. The van der Waals surface area contributed by atoms with E-state index in [0.29, 0.717) is 6.07 Å². The van der Waals surface area contributed by atoms with E-state index in [1.807, 2.05) is 0 Å². The SMILES string of the molecule is Fc1cc(CNOC2CCCC2)cc(C(F)(F)F)c1. The molecule has 1 saturated carbocycles. The first-order chi connectivity index (χ1) is 8.95. The summed E-state index contributed by atoms with van der Waals surface area (Å²) in [5.41, 5.74) is 1.85. The average molecular weight is 277 g/mol. The summed E-state index contributed by atoms with van der Waals surface area (Å²) in [5.74, 6) is -0.896. The number of nitrogens with one attached hydrogen (secondary N) is 1. The van der Waals surface area contributed by atoms with Gasteiger partial charge in [-0.15, -0.1) is 0 Å². The van der Waals surface area contributed by atoms with Gasteiger partial charge in [-0.05, 0) is 36.6 Å². The molecule has 2 rings (SSSR count). The van der Waals surface area contributed by atoms with E-state index in [0.717, 1.165) is 37.8 Å². The van der Waals surface area contributed by atoms with Crippen molar-refractivity contribution in [3.05, 3.63) is 35.1 Å². The molecule has 1 aromatic rings. The van der Waals surface area contributed by atoms with E-state index in [1.165, 1.54) is 0 Å². The molecule has 0 radical (unpaired) electrons. The predicted octanol–water partition coefficient (Wildman–Crippen LogP) is 3.81. The van der Waals surface area contributed by atoms with E-state index < -0.39 is 17.6 Å². The molecule has 0 aliphatic heterocycles. The van der Waals surface area contributed by atoms with Crippen LogP contribution >= 0.6 is 0 Å². The molecule has 0 bridgehead atoms. The molecule has 1 aliphatic rings. The predicted molar refractivity (Wildman–Crippen MR) is 61.6 cm³/mol. The fraction of sp³-hybridized carbons (Fsp3) is 0.538. The normalized spacial score (nSPS) is 17.1. The fourth-order valence-electron chi connectivity index (χ4n) is 2.17. The monoisotopic (exact) mass is 277 g/mol. The number of benzene rings is 1. The van der Waals surface area contributed by atoms with Gasteiger partial charge < -0.3 is 0 Å². The smallest absolute Gasteiger partial charge is 0.298 e. The van der Waals surface area contributed by atoms with Crippen LogP contribution in [-0.4, -0.2) is 6.10 Å². The lowest BCUT2D eigenvalue weighted by atomic mass is 10.1. The van der Waals surface area contributed by atoms with E-state index in [1.54, 1.807) is 0 Å². The third-order valence-electron chi connectivity index (χ3n) is 3.11. The number of rotatable bonds is 4. The van der Waals surface area contributed by atoms with Gasteiger partial charge in [-0.25, -0.2) is 4.39 Å². The standard InChI is InChI=1S/C13H15F4NO/c14-11-6-9(5-10(7-11)13(15,16)17)8-18-19-12-3-1-2-4-12/h5-7,12,18H,1-4,8H2. The Bertz CT molecular complexity index is 427. The summed E-state index contributed by atoms with van der Waals surface area (Å²) < 4.78 is 50.6. The number of hydroxylamine groups is 1. The van der Waals surface area contributed by atoms with Crippen LogP contribution < -0.4 is 5.48 Å². The molecule has 1 N–H and O–H groups in total. The molecule has 1 aliphatic carbocycles. The Balaban J connectivity index is 1.94. The van der Waals surface area contributed by atoms with E-state index in [-0.39, 0.29) is 18.2 Å². The molecule has 1 fully saturated rings. The minimum atomic E-state index is -4.54. The molecule has 0 aromatic heterocycles. The van der Waals surface area contributed by atoms with Crippen LogP contribution in [0.2, 0.25) is 0 Å². The molecule has 19 heavy (non-hydrogen) atoms. The zero-order chi connectivity index (χ0) is 13.9. The van der Waals surface area contributed by atoms with E-state index in [9.17, 15) is 17.6 Å². The van der Waals surface area contributed by atoms with Crippen molar-refractivity contribution < 1.29 is 22.4 Å². The highest BCUT2D eigenvalue weighted by atomic mass is 19.4. The van der Waals surface area contributed by atoms with Crippen molar-refractivity contribution in [3.8, 4) is 0 Å². The van der Waals surface area contributed by atoms with E-state index in [4.69, 9.17) is 4.84 Å². The van der Waals surface area contributed by atoms with Crippen LogP contribution in [0.25, 0.3) is 0 Å². The first kappa shape index (κ1) is 14.3. The quantitative estimate of drug-likeness (QED) is 0.667. The maximum atomic E-state index is 13.1. The van der Waals surface area contributed by atoms with Crippen LogP contribution in [0.15, 0.2) is 18.2 Å². The largest absolute Gasteiger partial charge is 0.416 e. The Morgan fingerprint density at radius 1 is 1.16 bits per heavy atom. The van der Waals surface area contributed by atoms with E-state index in [2.05, 4.69) is 5.48 Å². The van der Waals surface area contributed by atoms with Crippen molar-refractivity contribution in [2.75, 3.05) is 0 Å². The highest BCUT2D eigenvalue weighted by Gasteiger charge is 2.31. The van der Waals surface area contributed by atoms with Crippen molar-refractivity contribution in [2.45, 2.75) is 44.5 Å². The first-order valence-corrected chi connectivity index (χ1v) is 6.20. The van der Waals surface area contributed by atoms with Gasteiger partial charge in [-0.2, -0.15) is 18.7 Å². The van der Waals surface area contributed by atoms with Crippen LogP contribution in [0.5, 0.6) is 0 Å². The molecule has 106 valence electrons. The molecule has 0 atom stereocenters. The van der Waals surface area contributed by atoms with Gasteiger partial charge in [-0.3, -0.25) is 4.84 Å². The number of hydrogen-bond donors (Lipinski definition) is 1. The lowest BCUT2D eigenvalue weighted by Gasteiger charge is -2.13. The van der Waals surface area contributed by atoms with Crippen molar-refractivity contribution in [3.63, 3.8) is 0 Å². The summed E-state index contributed by atoms with van der Waals surface area (Å²) in [7, 11) is 0. The number of alkyl halides is 3. The lowest BCUT2D eigenvalue weighted by molar-refractivity contribution is -0.137. The van der Waals surface area contributed by atoms with Crippen molar-refractivity contribution in [1.82, 2.24) is 5.48 Å². The summed E-state index contributed by atoms with van der Waals surface area (Å²) in [5, 5.41) is 0. The summed E-state index contributed by atoms with van der Waals surface area (Å²) in [4.78, 5) is 5.32. The zero-order valence-corrected chi connectivity index (χ0v) is 10.3. The Morgan fingerprint density at radius 2 is 1.84 bits per heavy atom. The average Bonchev–Trinajstić information content (AvgIpc) is 2.80. The third kappa shape index (κ3) is 4.18. The zero-order valence-electron chi connectivity index (χ0n) is 10.3. The Kier molecular flexibility index (Phi) is 4.42. The highest BCUT2D eigenvalue weighted by Crippen LogP contribution is 2.30. The number of halogens is 4. The van der Waals surface area contributed by atoms with Crippen LogP contribution in [0.1, 0.15) is 36.8 Å². The van der Waals surface area contributed by atoms with Crippen LogP contribution in [-0.2, 0) is 17.6 Å². The Hall–Kier alpha value is -1.14. The molecule has 0 amide bonds. The molecule has 0 spiro atoms. The molecular formula is C13H15F4NO. The molecule has 0 saturated heterocycles. The molecule has 0 unspecified atom stereocenters.